The van der Waals surface area contributed by atoms with Gasteiger partial charge in [0.15, 0.2) is 0 Å². The number of benzene rings is 2. The van der Waals surface area contributed by atoms with E-state index in [0.29, 0.717) is 0 Å². The van der Waals surface area contributed by atoms with Gasteiger partial charge in [-0.3, -0.25) is 9.78 Å². The zero-order valence-corrected chi connectivity index (χ0v) is 12.2. The van der Waals surface area contributed by atoms with Crippen molar-refractivity contribution in [2.24, 2.45) is 0 Å². The molecule has 3 rings (SSSR count). The van der Waals surface area contributed by atoms with Crippen molar-refractivity contribution >= 4 is 16.7 Å². The normalized spacial score (nSPS) is 12.1. The summed E-state index contributed by atoms with van der Waals surface area (Å²) in [6.45, 7) is -0.0926. The van der Waals surface area contributed by atoms with Crippen LogP contribution in [-0.4, -0.2) is 22.5 Å². The minimum Gasteiger partial charge on any atom is -0.386 e. The Bertz CT molecular complexity index is 846. The molecule has 1 atom stereocenters. The van der Waals surface area contributed by atoms with Gasteiger partial charge in [0.25, 0.3) is 5.91 Å². The first-order chi connectivity index (χ1) is 11.2. The summed E-state index contributed by atoms with van der Waals surface area (Å²) in [5.41, 5.74) is 0.433. The summed E-state index contributed by atoms with van der Waals surface area (Å²) in [6.07, 6.45) is 0.444. The number of halogens is 1. The molecule has 1 amide bonds. The average molecular weight is 310 g/mol. The van der Waals surface area contributed by atoms with Crippen LogP contribution in [0.1, 0.15) is 22.2 Å². The Balaban J connectivity index is 1.75. The molecule has 5 heteroatoms. The van der Waals surface area contributed by atoms with Crippen molar-refractivity contribution < 1.29 is 14.3 Å². The fraction of sp³-hybridized carbons (Fsp3) is 0.111. The van der Waals surface area contributed by atoms with Gasteiger partial charge >= 0.3 is 0 Å². The fourth-order valence-corrected chi connectivity index (χ4v) is 2.43. The van der Waals surface area contributed by atoms with Gasteiger partial charge in [0.05, 0.1) is 6.10 Å². The molecular formula is C18H15FN2O2. The van der Waals surface area contributed by atoms with Gasteiger partial charge in [-0.2, -0.15) is 0 Å². The first kappa shape index (κ1) is 15.1. The Hall–Kier alpha value is -2.79. The number of aliphatic hydroxyl groups excluding tert-OH is 1. The molecule has 0 aliphatic carbocycles. The number of nitrogens with one attached hydrogen (secondary N) is 1. The van der Waals surface area contributed by atoms with Crippen molar-refractivity contribution in [3.05, 3.63) is 77.9 Å². The lowest BCUT2D eigenvalue weighted by Gasteiger charge is -2.13. The lowest BCUT2D eigenvalue weighted by Crippen LogP contribution is -2.29. The Labute approximate surface area is 132 Å². The van der Waals surface area contributed by atoms with Crippen LogP contribution in [0.4, 0.5) is 4.39 Å². The summed E-state index contributed by atoms with van der Waals surface area (Å²) in [7, 11) is 0. The maximum absolute atomic E-state index is 13.6. The largest absolute Gasteiger partial charge is 0.386 e. The maximum atomic E-state index is 13.6. The van der Waals surface area contributed by atoms with E-state index in [1.165, 1.54) is 12.1 Å². The number of nitrogens with zero attached hydrogens (tertiary/aromatic N) is 1. The van der Waals surface area contributed by atoms with Gasteiger partial charge in [0, 0.05) is 23.7 Å². The van der Waals surface area contributed by atoms with Crippen LogP contribution in [0.25, 0.3) is 10.8 Å². The molecule has 1 heterocycles. The van der Waals surface area contributed by atoms with E-state index < -0.39 is 17.8 Å². The van der Waals surface area contributed by atoms with E-state index in [9.17, 15) is 14.3 Å². The third-order valence-electron chi connectivity index (χ3n) is 3.61. The van der Waals surface area contributed by atoms with E-state index in [0.717, 1.165) is 10.8 Å². The summed E-state index contributed by atoms with van der Waals surface area (Å²) >= 11 is 0. The molecule has 2 aromatic carbocycles. The number of carbonyl (C=O) groups is 1. The first-order valence-electron chi connectivity index (χ1n) is 7.21. The first-order valence-corrected chi connectivity index (χ1v) is 7.21. The van der Waals surface area contributed by atoms with Gasteiger partial charge in [-0.15, -0.1) is 0 Å². The zero-order chi connectivity index (χ0) is 16.2. The van der Waals surface area contributed by atoms with E-state index in [1.54, 1.807) is 18.3 Å². The number of hydrogen-bond donors (Lipinski definition) is 2. The molecule has 4 nitrogen and oxygen atoms in total. The highest BCUT2D eigenvalue weighted by Crippen LogP contribution is 2.18. The molecule has 0 saturated carbocycles. The lowest BCUT2D eigenvalue weighted by atomic mass is 10.1. The van der Waals surface area contributed by atoms with Crippen molar-refractivity contribution in [3.63, 3.8) is 0 Å². The van der Waals surface area contributed by atoms with Crippen LogP contribution in [0, 0.1) is 5.82 Å². The second kappa shape index (κ2) is 6.54. The summed E-state index contributed by atoms with van der Waals surface area (Å²) < 4.78 is 13.6. The standard InChI is InChI=1S/C18H15FN2O2/c19-15-8-4-3-7-14(15)16(22)11-21-18(23)17-13-6-2-1-5-12(13)9-10-20-17/h1-10,16,22H,11H2,(H,21,23). The Morgan fingerprint density at radius 3 is 2.70 bits per heavy atom. The van der Waals surface area contributed by atoms with E-state index in [2.05, 4.69) is 10.3 Å². The second-order valence-corrected chi connectivity index (χ2v) is 5.13. The number of hydrogen-bond acceptors (Lipinski definition) is 3. The topological polar surface area (TPSA) is 62.2 Å². The molecule has 0 aliphatic rings. The van der Waals surface area contributed by atoms with E-state index in [1.807, 2.05) is 30.3 Å². The average Bonchev–Trinajstić information content (AvgIpc) is 2.59. The predicted molar refractivity (Wildman–Crippen MR) is 85.4 cm³/mol. The van der Waals surface area contributed by atoms with Crippen molar-refractivity contribution in [3.8, 4) is 0 Å². The SMILES string of the molecule is O=C(NCC(O)c1ccccc1F)c1nccc2ccccc12. The molecule has 1 aromatic heterocycles. The molecule has 0 aliphatic heterocycles. The quantitative estimate of drug-likeness (QED) is 0.779. The van der Waals surface area contributed by atoms with Crippen LogP contribution >= 0.6 is 0 Å². The van der Waals surface area contributed by atoms with Crippen molar-refractivity contribution in [1.82, 2.24) is 10.3 Å². The van der Waals surface area contributed by atoms with E-state index in [-0.39, 0.29) is 17.8 Å². The smallest absolute Gasteiger partial charge is 0.270 e. The van der Waals surface area contributed by atoms with Crippen molar-refractivity contribution in [2.45, 2.75) is 6.10 Å². The number of aliphatic hydroxyl groups is 1. The third kappa shape index (κ3) is 3.19. The summed E-state index contributed by atoms with van der Waals surface area (Å²) in [6, 6.07) is 15.2. The zero-order valence-electron chi connectivity index (χ0n) is 12.2. The molecule has 116 valence electrons. The van der Waals surface area contributed by atoms with Gasteiger partial charge < -0.3 is 10.4 Å². The van der Waals surface area contributed by atoms with Gasteiger partial charge in [-0.25, -0.2) is 4.39 Å². The van der Waals surface area contributed by atoms with E-state index in [4.69, 9.17) is 0 Å². The van der Waals surface area contributed by atoms with Gasteiger partial charge in [-0.1, -0.05) is 42.5 Å². The van der Waals surface area contributed by atoms with Gasteiger partial charge in [-0.05, 0) is 17.5 Å². The minimum absolute atomic E-state index is 0.0926. The molecule has 0 saturated heterocycles. The molecule has 0 radical (unpaired) electrons. The number of amides is 1. The monoisotopic (exact) mass is 310 g/mol. The highest BCUT2D eigenvalue weighted by Gasteiger charge is 2.16. The van der Waals surface area contributed by atoms with Crippen molar-refractivity contribution in [1.29, 1.82) is 0 Å². The third-order valence-corrected chi connectivity index (χ3v) is 3.61. The molecule has 2 N–H and O–H groups in total. The van der Waals surface area contributed by atoms with E-state index >= 15 is 0 Å². The molecule has 23 heavy (non-hydrogen) atoms. The molecule has 0 spiro atoms. The van der Waals surface area contributed by atoms with Crippen LogP contribution in [0.3, 0.4) is 0 Å². The maximum Gasteiger partial charge on any atom is 0.270 e. The summed E-state index contributed by atoms with van der Waals surface area (Å²) in [5.74, 6) is -0.908. The highest BCUT2D eigenvalue weighted by atomic mass is 19.1. The van der Waals surface area contributed by atoms with Crippen LogP contribution in [0.5, 0.6) is 0 Å². The van der Waals surface area contributed by atoms with Crippen LogP contribution in [0.15, 0.2) is 60.8 Å². The number of pyridine rings is 1. The van der Waals surface area contributed by atoms with Gasteiger partial charge in [0.1, 0.15) is 11.5 Å². The second-order valence-electron chi connectivity index (χ2n) is 5.13. The molecule has 1 unspecified atom stereocenters. The predicted octanol–water partition coefficient (Wildman–Crippen LogP) is 2.84. The van der Waals surface area contributed by atoms with Crippen LogP contribution in [0.2, 0.25) is 0 Å². The van der Waals surface area contributed by atoms with Gasteiger partial charge in [0.2, 0.25) is 0 Å². The number of aromatic nitrogens is 1. The molecule has 3 aromatic rings. The summed E-state index contributed by atoms with van der Waals surface area (Å²) in [4.78, 5) is 16.4. The Morgan fingerprint density at radius 1 is 1.13 bits per heavy atom. The van der Waals surface area contributed by atoms with Crippen LogP contribution in [-0.2, 0) is 0 Å². The lowest BCUT2D eigenvalue weighted by molar-refractivity contribution is 0.0911. The Morgan fingerprint density at radius 2 is 1.87 bits per heavy atom. The minimum atomic E-state index is -1.12. The van der Waals surface area contributed by atoms with Crippen LogP contribution < -0.4 is 5.32 Å². The number of rotatable bonds is 4. The molecule has 0 fully saturated rings. The summed E-state index contributed by atoms with van der Waals surface area (Å²) in [5, 5.41) is 14.3. The Kier molecular flexibility index (Phi) is 4.30. The molecule has 0 bridgehead atoms. The van der Waals surface area contributed by atoms with Crippen molar-refractivity contribution in [2.75, 3.05) is 6.54 Å². The fourth-order valence-electron chi connectivity index (χ4n) is 2.43. The number of carbonyl (C=O) groups excluding carboxylic acids is 1. The number of fused-ring (bicyclic) bond motifs is 1. The highest BCUT2D eigenvalue weighted by molar-refractivity contribution is 6.05. The molecular weight excluding hydrogens is 295 g/mol.